The van der Waals surface area contributed by atoms with Gasteiger partial charge in [-0.2, -0.15) is 0 Å². The third-order valence-corrected chi connectivity index (χ3v) is 5.25. The van der Waals surface area contributed by atoms with Gasteiger partial charge in [0.25, 0.3) is 7.37 Å². The zero-order chi connectivity index (χ0) is 13.6. The average molecular weight is 272 g/mol. The fraction of sp³-hybridized carbons (Fsp3) is 0.125. The molecule has 0 radical (unpaired) electrons. The van der Waals surface area contributed by atoms with Gasteiger partial charge in [0, 0.05) is 10.6 Å². The lowest BCUT2D eigenvalue weighted by Gasteiger charge is -2.18. The molecule has 0 atom stereocenters. The first kappa shape index (κ1) is 13.8. The predicted molar refractivity (Wildman–Crippen MR) is 80.5 cm³/mol. The van der Waals surface area contributed by atoms with E-state index in [4.69, 9.17) is 4.52 Å². The van der Waals surface area contributed by atoms with E-state index in [1.807, 2.05) is 79.7 Å². The van der Waals surface area contributed by atoms with Crippen LogP contribution in [0.3, 0.4) is 0 Å². The molecule has 98 valence electrons. The van der Waals surface area contributed by atoms with Gasteiger partial charge in [-0.15, -0.1) is 0 Å². The van der Waals surface area contributed by atoms with Crippen LogP contribution in [0.5, 0.6) is 0 Å². The number of hydrogen-bond acceptors (Lipinski definition) is 2. The Balaban J connectivity index is 2.42. The van der Waals surface area contributed by atoms with Crippen LogP contribution in [-0.2, 0) is 9.09 Å². The lowest BCUT2D eigenvalue weighted by atomic mass is 10.4. The van der Waals surface area contributed by atoms with Gasteiger partial charge in [0.2, 0.25) is 0 Å². The standard InChI is InChI=1S/C16H17O2P/c1-2-3-14-18-19(17,15-10-6-4-7-11-15)16-12-8-5-9-13-16/h2-13H,14H2,1H3/b3-2+. The van der Waals surface area contributed by atoms with Crippen LogP contribution in [0.15, 0.2) is 72.8 Å². The second-order valence-corrected chi connectivity index (χ2v) is 6.48. The highest BCUT2D eigenvalue weighted by Gasteiger charge is 2.27. The van der Waals surface area contributed by atoms with E-state index >= 15 is 0 Å². The maximum absolute atomic E-state index is 13.2. The minimum absolute atomic E-state index is 0.345. The summed E-state index contributed by atoms with van der Waals surface area (Å²) in [5.41, 5.74) is 0. The summed E-state index contributed by atoms with van der Waals surface area (Å²) in [7, 11) is -3.01. The fourth-order valence-corrected chi connectivity index (χ4v) is 3.81. The van der Waals surface area contributed by atoms with Gasteiger partial charge in [0.15, 0.2) is 0 Å². The van der Waals surface area contributed by atoms with Gasteiger partial charge in [-0.1, -0.05) is 48.6 Å². The molecule has 2 aromatic rings. The Hall–Kier alpha value is -1.63. The number of benzene rings is 2. The van der Waals surface area contributed by atoms with E-state index in [1.165, 1.54) is 0 Å². The molecule has 0 spiro atoms. The molecule has 0 bridgehead atoms. The Bertz CT molecular complexity index is 533. The van der Waals surface area contributed by atoms with Crippen LogP contribution in [0, 0.1) is 0 Å². The molecule has 0 aromatic heterocycles. The van der Waals surface area contributed by atoms with Crippen molar-refractivity contribution < 1.29 is 9.09 Å². The third kappa shape index (κ3) is 3.23. The van der Waals surface area contributed by atoms with E-state index < -0.39 is 7.37 Å². The van der Waals surface area contributed by atoms with Crippen LogP contribution in [0.4, 0.5) is 0 Å². The van der Waals surface area contributed by atoms with Gasteiger partial charge in [-0.3, -0.25) is 4.57 Å². The monoisotopic (exact) mass is 272 g/mol. The van der Waals surface area contributed by atoms with Crippen LogP contribution in [0.1, 0.15) is 6.92 Å². The largest absolute Gasteiger partial charge is 0.318 e. The second-order valence-electron chi connectivity index (χ2n) is 4.09. The quantitative estimate of drug-likeness (QED) is 0.615. The number of hydrogen-bond donors (Lipinski definition) is 0. The molecule has 3 heteroatoms. The summed E-state index contributed by atoms with van der Waals surface area (Å²) in [6, 6.07) is 18.7. The Kier molecular flexibility index (Phi) is 4.73. The first-order valence-corrected chi connectivity index (χ1v) is 7.87. The fourth-order valence-electron chi connectivity index (χ4n) is 1.79. The maximum atomic E-state index is 13.2. The minimum atomic E-state index is -3.01. The van der Waals surface area contributed by atoms with Crippen LogP contribution >= 0.6 is 7.37 Å². The summed E-state index contributed by atoms with van der Waals surface area (Å²) in [6.07, 6.45) is 3.75. The van der Waals surface area contributed by atoms with Crippen molar-refractivity contribution in [2.75, 3.05) is 6.61 Å². The smallest absolute Gasteiger partial charge is 0.261 e. The average Bonchev–Trinajstić information content (AvgIpc) is 2.49. The molecule has 0 aliphatic heterocycles. The van der Waals surface area contributed by atoms with E-state index in [0.717, 1.165) is 10.6 Å². The number of rotatable bonds is 5. The summed E-state index contributed by atoms with van der Waals surface area (Å²) < 4.78 is 18.9. The highest BCUT2D eigenvalue weighted by Crippen LogP contribution is 2.44. The maximum Gasteiger partial charge on any atom is 0.261 e. The molecule has 0 amide bonds. The van der Waals surface area contributed by atoms with Crippen LogP contribution < -0.4 is 10.6 Å². The predicted octanol–water partition coefficient (Wildman–Crippen LogP) is 3.51. The van der Waals surface area contributed by atoms with Crippen molar-refractivity contribution in [3.05, 3.63) is 72.8 Å². The lowest BCUT2D eigenvalue weighted by Crippen LogP contribution is -2.18. The van der Waals surface area contributed by atoms with Crippen LogP contribution in [0.2, 0.25) is 0 Å². The van der Waals surface area contributed by atoms with Crippen molar-refractivity contribution in [3.63, 3.8) is 0 Å². The van der Waals surface area contributed by atoms with E-state index in [-0.39, 0.29) is 0 Å². The first-order valence-electron chi connectivity index (χ1n) is 6.24. The zero-order valence-electron chi connectivity index (χ0n) is 10.9. The molecular formula is C16H17O2P. The van der Waals surface area contributed by atoms with Crippen molar-refractivity contribution in [3.8, 4) is 0 Å². The first-order chi connectivity index (χ1) is 9.27. The van der Waals surface area contributed by atoms with E-state index in [2.05, 4.69) is 0 Å². The molecule has 0 aliphatic carbocycles. The molecule has 0 saturated carbocycles. The van der Waals surface area contributed by atoms with Gasteiger partial charge >= 0.3 is 0 Å². The van der Waals surface area contributed by atoms with Crippen LogP contribution in [0.25, 0.3) is 0 Å². The summed E-state index contributed by atoms with van der Waals surface area (Å²) in [6.45, 7) is 2.26. The Morgan fingerprint density at radius 2 is 1.42 bits per heavy atom. The molecule has 2 nitrogen and oxygen atoms in total. The Labute approximate surface area is 114 Å². The van der Waals surface area contributed by atoms with Crippen molar-refractivity contribution in [1.82, 2.24) is 0 Å². The molecule has 0 heterocycles. The molecule has 0 saturated heterocycles. The Morgan fingerprint density at radius 1 is 0.947 bits per heavy atom. The van der Waals surface area contributed by atoms with Gasteiger partial charge in [0.05, 0.1) is 6.61 Å². The highest BCUT2D eigenvalue weighted by atomic mass is 31.2. The molecule has 2 aromatic carbocycles. The zero-order valence-corrected chi connectivity index (χ0v) is 11.8. The van der Waals surface area contributed by atoms with E-state index in [9.17, 15) is 4.57 Å². The van der Waals surface area contributed by atoms with Crippen molar-refractivity contribution in [2.45, 2.75) is 6.92 Å². The van der Waals surface area contributed by atoms with Crippen molar-refractivity contribution in [2.24, 2.45) is 0 Å². The lowest BCUT2D eigenvalue weighted by molar-refractivity contribution is 0.368. The molecule has 0 fully saturated rings. The summed E-state index contributed by atoms with van der Waals surface area (Å²) >= 11 is 0. The molecular weight excluding hydrogens is 255 g/mol. The highest BCUT2D eigenvalue weighted by molar-refractivity contribution is 7.74. The SMILES string of the molecule is C/C=C/COP(=O)(c1ccccc1)c1ccccc1. The normalized spacial score (nSPS) is 11.8. The minimum Gasteiger partial charge on any atom is -0.318 e. The number of allylic oxidation sites excluding steroid dienone is 1. The van der Waals surface area contributed by atoms with Gasteiger partial charge < -0.3 is 4.52 Å². The molecule has 0 unspecified atom stereocenters. The van der Waals surface area contributed by atoms with E-state index in [1.54, 1.807) is 0 Å². The van der Waals surface area contributed by atoms with Crippen molar-refractivity contribution >= 4 is 18.0 Å². The summed E-state index contributed by atoms with van der Waals surface area (Å²) in [5, 5.41) is 1.46. The molecule has 19 heavy (non-hydrogen) atoms. The van der Waals surface area contributed by atoms with Gasteiger partial charge in [-0.05, 0) is 31.2 Å². The van der Waals surface area contributed by atoms with E-state index in [0.29, 0.717) is 6.61 Å². The molecule has 0 aliphatic rings. The van der Waals surface area contributed by atoms with Gasteiger partial charge in [0.1, 0.15) is 0 Å². The molecule has 0 N–H and O–H groups in total. The van der Waals surface area contributed by atoms with Gasteiger partial charge in [-0.25, -0.2) is 0 Å². The Morgan fingerprint density at radius 3 is 1.84 bits per heavy atom. The third-order valence-electron chi connectivity index (χ3n) is 2.78. The second kappa shape index (κ2) is 6.51. The topological polar surface area (TPSA) is 26.3 Å². The summed E-state index contributed by atoms with van der Waals surface area (Å²) in [5.74, 6) is 0. The molecule has 2 rings (SSSR count). The summed E-state index contributed by atoms with van der Waals surface area (Å²) in [4.78, 5) is 0. The van der Waals surface area contributed by atoms with Crippen LogP contribution in [-0.4, -0.2) is 6.61 Å². The van der Waals surface area contributed by atoms with Crippen molar-refractivity contribution in [1.29, 1.82) is 0 Å².